The van der Waals surface area contributed by atoms with E-state index in [1.54, 1.807) is 11.9 Å². The van der Waals surface area contributed by atoms with Crippen molar-refractivity contribution in [2.24, 2.45) is 0 Å². The van der Waals surface area contributed by atoms with Crippen LogP contribution in [0.1, 0.15) is 11.1 Å². The largest absolute Gasteiger partial charge is 0.454 e. The molecule has 1 N–H and O–H groups in total. The van der Waals surface area contributed by atoms with Gasteiger partial charge < -0.3 is 19.7 Å². The monoisotopic (exact) mass is 346 g/mol. The molecule has 0 aromatic heterocycles. The van der Waals surface area contributed by atoms with Crippen LogP contribution in [0, 0.1) is 0 Å². The molecular weight excluding hydrogens is 328 g/mol. The Morgan fingerprint density at radius 3 is 2.83 bits per heavy atom. The number of fused-ring (bicyclic) bond motifs is 1. The second-order valence-corrected chi connectivity index (χ2v) is 6.02. The number of hydrogen-bond acceptors (Lipinski definition) is 3. The molecule has 1 aliphatic rings. The number of benzene rings is 2. The van der Waals surface area contributed by atoms with Crippen molar-refractivity contribution >= 4 is 17.6 Å². The Labute approximate surface area is 146 Å². The van der Waals surface area contributed by atoms with E-state index in [1.807, 2.05) is 42.5 Å². The minimum Gasteiger partial charge on any atom is -0.454 e. The third-order valence-electron chi connectivity index (χ3n) is 3.83. The van der Waals surface area contributed by atoms with Gasteiger partial charge in [-0.25, -0.2) is 4.79 Å². The second-order valence-electron chi connectivity index (χ2n) is 5.62. The van der Waals surface area contributed by atoms with E-state index in [1.165, 1.54) is 0 Å². The molecule has 2 amide bonds. The van der Waals surface area contributed by atoms with Crippen molar-refractivity contribution in [3.63, 3.8) is 0 Å². The molecule has 0 saturated heterocycles. The SMILES string of the molecule is CN(Cc1ccc2c(c1)OCO2)C(=O)NCCc1ccccc1Cl. The summed E-state index contributed by atoms with van der Waals surface area (Å²) >= 11 is 6.11. The van der Waals surface area contributed by atoms with E-state index in [9.17, 15) is 4.79 Å². The Bertz CT molecular complexity index is 736. The summed E-state index contributed by atoms with van der Waals surface area (Å²) in [6.45, 7) is 1.28. The fourth-order valence-corrected chi connectivity index (χ4v) is 2.76. The maximum atomic E-state index is 12.2. The molecule has 0 saturated carbocycles. The van der Waals surface area contributed by atoms with E-state index >= 15 is 0 Å². The average molecular weight is 347 g/mol. The topological polar surface area (TPSA) is 50.8 Å². The Balaban J connectivity index is 1.49. The molecule has 0 unspecified atom stereocenters. The number of nitrogens with zero attached hydrogens (tertiary/aromatic N) is 1. The normalized spacial score (nSPS) is 12.1. The van der Waals surface area contributed by atoms with Gasteiger partial charge in [-0.15, -0.1) is 0 Å². The lowest BCUT2D eigenvalue weighted by atomic mass is 10.1. The lowest BCUT2D eigenvalue weighted by Crippen LogP contribution is -2.37. The van der Waals surface area contributed by atoms with Crippen LogP contribution in [0.2, 0.25) is 5.02 Å². The van der Waals surface area contributed by atoms with Gasteiger partial charge in [-0.05, 0) is 35.7 Å². The Morgan fingerprint density at radius 1 is 1.21 bits per heavy atom. The van der Waals surface area contributed by atoms with Crippen LogP contribution in [0.3, 0.4) is 0 Å². The zero-order chi connectivity index (χ0) is 16.9. The van der Waals surface area contributed by atoms with Crippen LogP contribution >= 0.6 is 11.6 Å². The first-order valence-electron chi connectivity index (χ1n) is 7.74. The van der Waals surface area contributed by atoms with Crippen LogP contribution < -0.4 is 14.8 Å². The van der Waals surface area contributed by atoms with Gasteiger partial charge in [-0.2, -0.15) is 0 Å². The van der Waals surface area contributed by atoms with E-state index in [0.717, 1.165) is 27.6 Å². The molecule has 1 heterocycles. The van der Waals surface area contributed by atoms with Crippen molar-refractivity contribution in [2.75, 3.05) is 20.4 Å². The molecule has 0 fully saturated rings. The van der Waals surface area contributed by atoms with Crippen molar-refractivity contribution in [1.29, 1.82) is 0 Å². The number of halogens is 1. The highest BCUT2D eigenvalue weighted by molar-refractivity contribution is 6.31. The first-order valence-corrected chi connectivity index (χ1v) is 8.12. The zero-order valence-corrected chi connectivity index (χ0v) is 14.2. The minimum atomic E-state index is -0.125. The highest BCUT2D eigenvalue weighted by Crippen LogP contribution is 2.32. The highest BCUT2D eigenvalue weighted by atomic mass is 35.5. The molecule has 3 rings (SSSR count). The predicted octanol–water partition coefficient (Wildman–Crippen LogP) is 3.45. The molecule has 2 aromatic rings. The number of amides is 2. The minimum absolute atomic E-state index is 0.125. The number of carbonyl (C=O) groups excluding carboxylic acids is 1. The van der Waals surface area contributed by atoms with Crippen molar-refractivity contribution < 1.29 is 14.3 Å². The quantitative estimate of drug-likeness (QED) is 0.902. The number of ether oxygens (including phenoxy) is 2. The molecule has 0 bridgehead atoms. The lowest BCUT2D eigenvalue weighted by molar-refractivity contribution is 0.174. The Morgan fingerprint density at radius 2 is 2.00 bits per heavy atom. The molecule has 0 radical (unpaired) electrons. The molecule has 126 valence electrons. The molecule has 2 aromatic carbocycles. The van der Waals surface area contributed by atoms with E-state index in [4.69, 9.17) is 21.1 Å². The average Bonchev–Trinajstić information content (AvgIpc) is 3.04. The molecule has 6 heteroatoms. The van der Waals surface area contributed by atoms with Crippen LogP contribution in [0.4, 0.5) is 4.79 Å². The fraction of sp³-hybridized carbons (Fsp3) is 0.278. The van der Waals surface area contributed by atoms with Gasteiger partial charge in [0.05, 0.1) is 0 Å². The summed E-state index contributed by atoms with van der Waals surface area (Å²) < 4.78 is 10.6. The van der Waals surface area contributed by atoms with Crippen molar-refractivity contribution in [2.45, 2.75) is 13.0 Å². The molecule has 0 atom stereocenters. The number of carbonyl (C=O) groups is 1. The van der Waals surface area contributed by atoms with Crippen molar-refractivity contribution in [1.82, 2.24) is 10.2 Å². The summed E-state index contributed by atoms with van der Waals surface area (Å²) in [6.07, 6.45) is 0.698. The van der Waals surface area contributed by atoms with Crippen LogP contribution in [0.5, 0.6) is 11.5 Å². The number of nitrogens with one attached hydrogen (secondary N) is 1. The summed E-state index contributed by atoms with van der Waals surface area (Å²) in [4.78, 5) is 13.8. The Hall–Kier alpha value is -2.40. The Kier molecular flexibility index (Phi) is 5.11. The maximum Gasteiger partial charge on any atom is 0.317 e. The van der Waals surface area contributed by atoms with Crippen LogP contribution in [-0.4, -0.2) is 31.3 Å². The standard InChI is InChI=1S/C18H19ClN2O3/c1-21(11-13-6-7-16-17(10-13)24-12-23-16)18(22)20-9-8-14-4-2-3-5-15(14)19/h2-7,10H,8-9,11-12H2,1H3,(H,20,22). The smallest absolute Gasteiger partial charge is 0.317 e. The molecule has 0 spiro atoms. The second kappa shape index (κ2) is 7.45. The summed E-state index contributed by atoms with van der Waals surface area (Å²) in [5.74, 6) is 1.46. The molecule has 24 heavy (non-hydrogen) atoms. The third-order valence-corrected chi connectivity index (χ3v) is 4.20. The van der Waals surface area contributed by atoms with Gasteiger partial charge in [0.2, 0.25) is 6.79 Å². The number of rotatable bonds is 5. The summed E-state index contributed by atoms with van der Waals surface area (Å²) in [7, 11) is 1.76. The maximum absolute atomic E-state index is 12.2. The van der Waals surface area contributed by atoms with E-state index in [-0.39, 0.29) is 12.8 Å². The summed E-state index contributed by atoms with van der Waals surface area (Å²) in [6, 6.07) is 13.2. The fourth-order valence-electron chi connectivity index (χ4n) is 2.53. The van der Waals surface area contributed by atoms with Crippen LogP contribution in [-0.2, 0) is 13.0 Å². The van der Waals surface area contributed by atoms with Crippen LogP contribution in [0.25, 0.3) is 0 Å². The van der Waals surface area contributed by atoms with E-state index in [2.05, 4.69) is 5.32 Å². The summed E-state index contributed by atoms with van der Waals surface area (Å²) in [5.41, 5.74) is 2.01. The molecule has 5 nitrogen and oxygen atoms in total. The van der Waals surface area contributed by atoms with Crippen LogP contribution in [0.15, 0.2) is 42.5 Å². The predicted molar refractivity (Wildman–Crippen MR) is 92.6 cm³/mol. The lowest BCUT2D eigenvalue weighted by Gasteiger charge is -2.18. The highest BCUT2D eigenvalue weighted by Gasteiger charge is 2.15. The van der Waals surface area contributed by atoms with Gasteiger partial charge in [-0.3, -0.25) is 0 Å². The van der Waals surface area contributed by atoms with E-state index in [0.29, 0.717) is 19.5 Å². The van der Waals surface area contributed by atoms with Gasteiger partial charge in [0.25, 0.3) is 0 Å². The van der Waals surface area contributed by atoms with Gasteiger partial charge in [0.1, 0.15) is 0 Å². The van der Waals surface area contributed by atoms with Gasteiger partial charge in [0, 0.05) is 25.2 Å². The van der Waals surface area contributed by atoms with Gasteiger partial charge >= 0.3 is 6.03 Å². The molecular formula is C18H19ClN2O3. The first kappa shape index (κ1) is 16.5. The first-order chi connectivity index (χ1) is 11.6. The van der Waals surface area contributed by atoms with E-state index < -0.39 is 0 Å². The zero-order valence-electron chi connectivity index (χ0n) is 13.4. The third kappa shape index (κ3) is 3.92. The molecule has 1 aliphatic heterocycles. The van der Waals surface area contributed by atoms with Gasteiger partial charge in [0.15, 0.2) is 11.5 Å². The van der Waals surface area contributed by atoms with Crippen molar-refractivity contribution in [3.8, 4) is 11.5 Å². The summed E-state index contributed by atoms with van der Waals surface area (Å²) in [5, 5.41) is 3.63. The van der Waals surface area contributed by atoms with Gasteiger partial charge in [-0.1, -0.05) is 35.9 Å². The number of urea groups is 1. The number of hydrogen-bond donors (Lipinski definition) is 1. The molecule has 0 aliphatic carbocycles. The van der Waals surface area contributed by atoms with Crippen molar-refractivity contribution in [3.05, 3.63) is 58.6 Å².